The molecule has 0 spiro atoms. The Hall–Kier alpha value is -4.07. The van der Waals surface area contributed by atoms with Crippen molar-refractivity contribution in [2.75, 3.05) is 0 Å². The third kappa shape index (κ3) is 4.84. The van der Waals surface area contributed by atoms with Gasteiger partial charge in [0.2, 0.25) is 0 Å². The van der Waals surface area contributed by atoms with E-state index < -0.39 is 0 Å². The first-order valence-electron chi connectivity index (χ1n) is 12.4. The summed E-state index contributed by atoms with van der Waals surface area (Å²) in [4.78, 5) is 0. The highest BCUT2D eigenvalue weighted by atomic mass is 16.5. The van der Waals surface area contributed by atoms with Crippen molar-refractivity contribution in [3.05, 3.63) is 118 Å². The third-order valence-corrected chi connectivity index (χ3v) is 7.01. The highest BCUT2D eigenvalue weighted by molar-refractivity contribution is 5.68. The fraction of sp³-hybridized carbons (Fsp3) is 0.219. The summed E-state index contributed by atoms with van der Waals surface area (Å²) < 4.78 is 12.7. The molecule has 4 aromatic rings. The molecule has 0 aromatic heterocycles. The van der Waals surface area contributed by atoms with E-state index in [1.54, 1.807) is 6.07 Å². The van der Waals surface area contributed by atoms with Gasteiger partial charge in [0.25, 0.3) is 0 Å². The van der Waals surface area contributed by atoms with Crippen molar-refractivity contribution >= 4 is 0 Å². The first kappa shape index (κ1) is 23.7. The molecule has 0 aliphatic heterocycles. The van der Waals surface area contributed by atoms with Gasteiger partial charge in [-0.1, -0.05) is 60.7 Å². The lowest BCUT2D eigenvalue weighted by Crippen LogP contribution is -2.09. The molecular formula is C32H30N2O2. The molecular weight excluding hydrogens is 444 g/mol. The van der Waals surface area contributed by atoms with Crippen LogP contribution in [0.15, 0.2) is 78.9 Å². The van der Waals surface area contributed by atoms with Crippen LogP contribution in [0.1, 0.15) is 45.4 Å². The summed E-state index contributed by atoms with van der Waals surface area (Å²) in [6.45, 7) is 3.45. The maximum atomic E-state index is 9.20. The minimum atomic E-state index is 0.374. The van der Waals surface area contributed by atoms with Crippen molar-refractivity contribution in [2.45, 2.75) is 45.9 Å². The molecule has 36 heavy (non-hydrogen) atoms. The Kier molecular flexibility index (Phi) is 7.02. The summed E-state index contributed by atoms with van der Waals surface area (Å²) in [6.07, 6.45) is 3.07. The van der Waals surface area contributed by atoms with Crippen LogP contribution in [0.2, 0.25) is 0 Å². The van der Waals surface area contributed by atoms with Crippen LogP contribution in [0.25, 0.3) is 11.1 Å². The number of nitrogens with zero attached hydrogens (tertiary/aromatic N) is 1. The summed E-state index contributed by atoms with van der Waals surface area (Å²) in [6, 6.07) is 28.5. The summed E-state index contributed by atoms with van der Waals surface area (Å²) in [5.41, 5.74) is 16.2. The van der Waals surface area contributed by atoms with Gasteiger partial charge in [-0.15, -0.1) is 0 Å². The Labute approximate surface area is 212 Å². The number of rotatable bonds is 8. The number of benzene rings is 4. The minimum Gasteiger partial charge on any atom is -0.488 e. The molecule has 5 rings (SSSR count). The molecule has 2 N–H and O–H groups in total. The van der Waals surface area contributed by atoms with Crippen molar-refractivity contribution in [2.24, 2.45) is 5.73 Å². The van der Waals surface area contributed by atoms with Crippen LogP contribution in [0.3, 0.4) is 0 Å². The van der Waals surface area contributed by atoms with E-state index in [1.165, 1.54) is 33.4 Å². The van der Waals surface area contributed by atoms with E-state index in [2.05, 4.69) is 55.5 Å². The topological polar surface area (TPSA) is 68.3 Å². The van der Waals surface area contributed by atoms with Crippen molar-refractivity contribution < 1.29 is 9.47 Å². The second-order valence-electron chi connectivity index (χ2n) is 9.21. The first-order chi connectivity index (χ1) is 17.7. The number of nitrogens with two attached hydrogens (primary N) is 1. The monoisotopic (exact) mass is 474 g/mol. The van der Waals surface area contributed by atoms with Gasteiger partial charge in [-0.3, -0.25) is 0 Å². The molecule has 0 unspecified atom stereocenters. The van der Waals surface area contributed by atoms with E-state index >= 15 is 0 Å². The number of hydrogen-bond acceptors (Lipinski definition) is 4. The second kappa shape index (κ2) is 10.7. The molecule has 4 heteroatoms. The molecule has 1 aliphatic carbocycles. The van der Waals surface area contributed by atoms with Crippen LogP contribution in [-0.4, -0.2) is 0 Å². The molecule has 0 bridgehead atoms. The Morgan fingerprint density at radius 2 is 1.61 bits per heavy atom. The first-order valence-corrected chi connectivity index (χ1v) is 12.4. The van der Waals surface area contributed by atoms with E-state index in [4.69, 9.17) is 15.2 Å². The second-order valence-corrected chi connectivity index (χ2v) is 9.21. The van der Waals surface area contributed by atoms with Gasteiger partial charge in [0, 0.05) is 18.2 Å². The Morgan fingerprint density at radius 3 is 2.42 bits per heavy atom. The lowest BCUT2D eigenvalue weighted by molar-refractivity contribution is 0.285. The zero-order valence-corrected chi connectivity index (χ0v) is 20.6. The molecule has 0 fully saturated rings. The summed E-state index contributed by atoms with van der Waals surface area (Å²) in [5, 5.41) is 9.20. The van der Waals surface area contributed by atoms with E-state index in [-0.39, 0.29) is 0 Å². The molecule has 0 saturated heterocycles. The van der Waals surface area contributed by atoms with Gasteiger partial charge in [0.1, 0.15) is 24.7 Å². The van der Waals surface area contributed by atoms with Gasteiger partial charge >= 0.3 is 0 Å². The van der Waals surface area contributed by atoms with Crippen LogP contribution in [-0.2, 0) is 32.6 Å². The number of nitriles is 1. The third-order valence-electron chi connectivity index (χ3n) is 7.01. The van der Waals surface area contributed by atoms with Crippen LogP contribution >= 0.6 is 0 Å². The average molecular weight is 475 g/mol. The Bertz CT molecular complexity index is 1420. The van der Waals surface area contributed by atoms with Crippen LogP contribution in [0.5, 0.6) is 11.5 Å². The number of ether oxygens (including phenoxy) is 2. The lowest BCUT2D eigenvalue weighted by Gasteiger charge is -2.19. The SMILES string of the molecule is Cc1c(COc2cc(OCc3cccc(C#N)c3)c(CN)c3c2CCC3)cccc1-c1ccccc1. The zero-order valence-electron chi connectivity index (χ0n) is 20.6. The molecule has 1 aliphatic rings. The zero-order chi connectivity index (χ0) is 24.9. The minimum absolute atomic E-state index is 0.374. The molecule has 0 saturated carbocycles. The molecule has 4 nitrogen and oxygen atoms in total. The summed E-state index contributed by atoms with van der Waals surface area (Å²) >= 11 is 0. The number of hydrogen-bond donors (Lipinski definition) is 1. The van der Waals surface area contributed by atoms with Crippen molar-refractivity contribution in [1.29, 1.82) is 5.26 Å². The van der Waals surface area contributed by atoms with E-state index in [0.29, 0.717) is 25.3 Å². The predicted octanol–water partition coefficient (Wildman–Crippen LogP) is 6.64. The predicted molar refractivity (Wildman–Crippen MR) is 143 cm³/mol. The van der Waals surface area contributed by atoms with Gasteiger partial charge in [-0.2, -0.15) is 5.26 Å². The maximum absolute atomic E-state index is 9.20. The standard InChI is InChI=1S/C32H30N2O2/c1-22-26(12-6-13-27(22)25-10-3-2-4-11-25)21-36-31-17-32(30(19-34)28-14-7-15-29(28)31)35-20-24-9-5-8-23(16-24)18-33/h2-6,8-13,16-17H,7,14-15,19-21,34H2,1H3. The van der Waals surface area contributed by atoms with Crippen molar-refractivity contribution in [1.82, 2.24) is 0 Å². The molecule has 4 aromatic carbocycles. The molecule has 0 heterocycles. The van der Waals surface area contributed by atoms with Crippen LogP contribution in [0, 0.1) is 18.3 Å². The maximum Gasteiger partial charge on any atom is 0.128 e. The van der Waals surface area contributed by atoms with E-state index in [0.717, 1.165) is 41.9 Å². The van der Waals surface area contributed by atoms with Gasteiger partial charge < -0.3 is 15.2 Å². The number of fused-ring (bicyclic) bond motifs is 1. The van der Waals surface area contributed by atoms with Gasteiger partial charge in [0.15, 0.2) is 0 Å². The molecule has 180 valence electrons. The van der Waals surface area contributed by atoms with Gasteiger partial charge in [0.05, 0.1) is 11.6 Å². The largest absolute Gasteiger partial charge is 0.488 e. The van der Waals surface area contributed by atoms with Gasteiger partial charge in [-0.25, -0.2) is 0 Å². The highest BCUT2D eigenvalue weighted by Crippen LogP contribution is 2.40. The smallest absolute Gasteiger partial charge is 0.128 e. The van der Waals surface area contributed by atoms with E-state index in [1.807, 2.05) is 30.3 Å². The Balaban J connectivity index is 1.41. The normalized spacial score (nSPS) is 12.1. The molecule has 0 amide bonds. The van der Waals surface area contributed by atoms with Crippen LogP contribution in [0.4, 0.5) is 0 Å². The molecule has 0 atom stereocenters. The van der Waals surface area contributed by atoms with Crippen LogP contribution < -0.4 is 15.2 Å². The fourth-order valence-electron chi connectivity index (χ4n) is 5.09. The van der Waals surface area contributed by atoms with Crippen molar-refractivity contribution in [3.63, 3.8) is 0 Å². The fourth-order valence-corrected chi connectivity index (χ4v) is 5.09. The van der Waals surface area contributed by atoms with Gasteiger partial charge in [-0.05, 0) is 77.3 Å². The Morgan fingerprint density at radius 1 is 0.833 bits per heavy atom. The van der Waals surface area contributed by atoms with E-state index in [9.17, 15) is 5.26 Å². The average Bonchev–Trinajstić information content (AvgIpc) is 3.42. The summed E-state index contributed by atoms with van der Waals surface area (Å²) in [7, 11) is 0. The summed E-state index contributed by atoms with van der Waals surface area (Å²) in [5.74, 6) is 1.65. The quantitative estimate of drug-likeness (QED) is 0.311. The highest BCUT2D eigenvalue weighted by Gasteiger charge is 2.23. The van der Waals surface area contributed by atoms with Crippen molar-refractivity contribution in [3.8, 4) is 28.7 Å². The molecule has 0 radical (unpaired) electrons. The lowest BCUT2D eigenvalue weighted by atomic mass is 9.97.